The molecule has 2 amide bonds. The maximum absolute atomic E-state index is 12.9. The maximum Gasteiger partial charge on any atom is 0.252 e. The Morgan fingerprint density at radius 3 is 1.91 bits per heavy atom. The van der Waals surface area contributed by atoms with E-state index in [9.17, 15) is 18.0 Å². The van der Waals surface area contributed by atoms with Crippen molar-refractivity contribution in [2.45, 2.75) is 24.8 Å². The van der Waals surface area contributed by atoms with Gasteiger partial charge >= 0.3 is 0 Å². The zero-order valence-corrected chi connectivity index (χ0v) is 19.8. The molecule has 1 atom stereocenters. The minimum absolute atomic E-state index is 0.112. The second-order valence-electron chi connectivity index (χ2n) is 7.60. The Balaban J connectivity index is 2.17. The average molecular weight is 464 g/mol. The molecular weight excluding hydrogens is 434 g/mol. The highest BCUT2D eigenvalue weighted by Crippen LogP contribution is 2.23. The number of rotatable bonds is 9. The van der Waals surface area contributed by atoms with Crippen molar-refractivity contribution in [1.29, 1.82) is 0 Å². The van der Waals surface area contributed by atoms with Crippen molar-refractivity contribution in [2.75, 3.05) is 33.6 Å². The molecule has 0 aromatic heterocycles. The third-order valence-corrected chi connectivity index (χ3v) is 6.58. The summed E-state index contributed by atoms with van der Waals surface area (Å²) in [6.07, 6.45) is 0. The molecule has 0 aliphatic heterocycles. The van der Waals surface area contributed by atoms with Crippen LogP contribution in [0.25, 0.3) is 0 Å². The number of benzene rings is 2. The number of carbonyl (C=O) groups is 2. The van der Waals surface area contributed by atoms with E-state index in [1.54, 1.807) is 18.2 Å². The number of hydrogen-bond donors (Lipinski definition) is 2. The van der Waals surface area contributed by atoms with E-state index < -0.39 is 27.9 Å². The standard InChI is InChI=1S/C22H29N3O6S/c1-14(2)20(24-21(26)15-11-17(30-5)13-18(12-15)31-6)22(27)23-16-7-9-19(10-8-16)32(28,29)25(3)4/h7-14,20H,1-6H3,(H,23,27)(H,24,26)/t20-/m1/s1. The van der Waals surface area contributed by atoms with Gasteiger partial charge in [-0.2, -0.15) is 0 Å². The molecule has 0 heterocycles. The lowest BCUT2D eigenvalue weighted by Gasteiger charge is -2.22. The van der Waals surface area contributed by atoms with E-state index in [0.717, 1.165) is 4.31 Å². The molecule has 10 heteroatoms. The van der Waals surface area contributed by atoms with Crippen molar-refractivity contribution in [3.05, 3.63) is 48.0 Å². The molecule has 2 rings (SSSR count). The first kappa shape index (κ1) is 25.2. The number of hydrogen-bond acceptors (Lipinski definition) is 6. The lowest BCUT2D eigenvalue weighted by molar-refractivity contribution is -0.118. The van der Waals surface area contributed by atoms with Crippen molar-refractivity contribution >= 4 is 27.5 Å². The van der Waals surface area contributed by atoms with Crippen LogP contribution >= 0.6 is 0 Å². The molecule has 0 aliphatic rings. The van der Waals surface area contributed by atoms with Crippen molar-refractivity contribution in [3.8, 4) is 11.5 Å². The quantitative estimate of drug-likeness (QED) is 0.590. The van der Waals surface area contributed by atoms with Crippen LogP contribution in [0.4, 0.5) is 5.69 Å². The molecule has 0 radical (unpaired) electrons. The third kappa shape index (κ3) is 5.98. The minimum atomic E-state index is -3.57. The molecule has 9 nitrogen and oxygen atoms in total. The first-order chi connectivity index (χ1) is 15.0. The van der Waals surface area contributed by atoms with Crippen LogP contribution in [0, 0.1) is 5.92 Å². The van der Waals surface area contributed by atoms with Crippen LogP contribution in [0.2, 0.25) is 0 Å². The van der Waals surface area contributed by atoms with Crippen molar-refractivity contribution in [1.82, 2.24) is 9.62 Å². The Hall–Kier alpha value is -3.11. The van der Waals surface area contributed by atoms with Gasteiger partial charge in [-0.05, 0) is 42.3 Å². The number of methoxy groups -OCH3 is 2. The molecule has 0 saturated carbocycles. The highest BCUT2D eigenvalue weighted by molar-refractivity contribution is 7.89. The zero-order valence-electron chi connectivity index (χ0n) is 19.0. The molecule has 0 bridgehead atoms. The van der Waals surface area contributed by atoms with Crippen LogP contribution in [-0.4, -0.2) is 58.9 Å². The Morgan fingerprint density at radius 2 is 1.47 bits per heavy atom. The summed E-state index contributed by atoms with van der Waals surface area (Å²) in [5.41, 5.74) is 0.702. The first-order valence-electron chi connectivity index (χ1n) is 9.87. The summed E-state index contributed by atoms with van der Waals surface area (Å²) in [5.74, 6) is -0.185. The zero-order chi connectivity index (χ0) is 24.1. The van der Waals surface area contributed by atoms with Gasteiger partial charge in [-0.25, -0.2) is 12.7 Å². The summed E-state index contributed by atoms with van der Waals surface area (Å²) in [4.78, 5) is 25.8. The van der Waals surface area contributed by atoms with Crippen LogP contribution < -0.4 is 20.1 Å². The molecule has 2 N–H and O–H groups in total. The highest BCUT2D eigenvalue weighted by Gasteiger charge is 2.25. The van der Waals surface area contributed by atoms with Gasteiger partial charge in [-0.1, -0.05) is 13.8 Å². The summed E-state index contributed by atoms with van der Waals surface area (Å²) in [6, 6.07) is 9.75. The largest absolute Gasteiger partial charge is 0.497 e. The molecule has 0 fully saturated rings. The number of nitrogens with one attached hydrogen (secondary N) is 2. The fourth-order valence-corrected chi connectivity index (χ4v) is 3.74. The van der Waals surface area contributed by atoms with Crippen molar-refractivity contribution in [2.24, 2.45) is 5.92 Å². The van der Waals surface area contributed by atoms with Crippen LogP contribution in [0.3, 0.4) is 0 Å². The molecule has 32 heavy (non-hydrogen) atoms. The van der Waals surface area contributed by atoms with Gasteiger partial charge in [0.2, 0.25) is 15.9 Å². The van der Waals surface area contributed by atoms with Crippen LogP contribution in [0.1, 0.15) is 24.2 Å². The van der Waals surface area contributed by atoms with E-state index in [1.165, 1.54) is 52.6 Å². The van der Waals surface area contributed by atoms with E-state index in [-0.39, 0.29) is 16.4 Å². The summed E-state index contributed by atoms with van der Waals surface area (Å²) in [6.45, 7) is 3.62. The maximum atomic E-state index is 12.9. The number of carbonyl (C=O) groups excluding carboxylic acids is 2. The smallest absolute Gasteiger partial charge is 0.252 e. The number of ether oxygens (including phenoxy) is 2. The van der Waals surface area contributed by atoms with Gasteiger partial charge in [0.25, 0.3) is 5.91 Å². The Labute approximate surface area is 188 Å². The number of anilines is 1. The summed E-state index contributed by atoms with van der Waals surface area (Å²) >= 11 is 0. The van der Waals surface area contributed by atoms with Gasteiger partial charge in [0.1, 0.15) is 17.5 Å². The SMILES string of the molecule is COc1cc(OC)cc(C(=O)N[C@@H](C(=O)Nc2ccc(S(=O)(=O)N(C)C)cc2)C(C)C)c1. The number of sulfonamides is 1. The second-order valence-corrected chi connectivity index (χ2v) is 9.75. The summed E-state index contributed by atoms with van der Waals surface area (Å²) < 4.78 is 35.9. The fraction of sp³-hybridized carbons (Fsp3) is 0.364. The molecule has 0 saturated heterocycles. The van der Waals surface area contributed by atoms with E-state index in [4.69, 9.17) is 9.47 Å². The summed E-state index contributed by atoms with van der Waals surface area (Å²) in [5, 5.41) is 5.46. The molecular formula is C22H29N3O6S. The van der Waals surface area contributed by atoms with Crippen LogP contribution in [0.5, 0.6) is 11.5 Å². The predicted molar refractivity (Wildman–Crippen MR) is 122 cm³/mol. The van der Waals surface area contributed by atoms with Gasteiger partial charge in [0.05, 0.1) is 19.1 Å². The van der Waals surface area contributed by atoms with Gasteiger partial charge < -0.3 is 20.1 Å². The van der Waals surface area contributed by atoms with Gasteiger partial charge in [-0.3, -0.25) is 9.59 Å². The Kier molecular flexibility index (Phi) is 8.23. The van der Waals surface area contributed by atoms with E-state index in [0.29, 0.717) is 17.2 Å². The molecule has 0 unspecified atom stereocenters. The minimum Gasteiger partial charge on any atom is -0.497 e. The van der Waals surface area contributed by atoms with E-state index >= 15 is 0 Å². The molecule has 174 valence electrons. The lowest BCUT2D eigenvalue weighted by Crippen LogP contribution is -2.47. The van der Waals surface area contributed by atoms with E-state index in [2.05, 4.69) is 10.6 Å². The molecule has 2 aromatic carbocycles. The molecule has 0 spiro atoms. The second kappa shape index (κ2) is 10.5. The Bertz CT molecular complexity index is 1040. The lowest BCUT2D eigenvalue weighted by atomic mass is 10.0. The van der Waals surface area contributed by atoms with Gasteiger partial charge in [-0.15, -0.1) is 0 Å². The highest BCUT2D eigenvalue weighted by atomic mass is 32.2. The van der Waals surface area contributed by atoms with E-state index in [1.807, 2.05) is 13.8 Å². The Morgan fingerprint density at radius 1 is 0.938 bits per heavy atom. The van der Waals surface area contributed by atoms with Crippen molar-refractivity contribution < 1.29 is 27.5 Å². The van der Waals surface area contributed by atoms with Gasteiger partial charge in [0, 0.05) is 31.4 Å². The van der Waals surface area contributed by atoms with Crippen LogP contribution in [-0.2, 0) is 14.8 Å². The molecule has 0 aliphatic carbocycles. The number of nitrogens with zero attached hydrogens (tertiary/aromatic N) is 1. The first-order valence-corrected chi connectivity index (χ1v) is 11.3. The van der Waals surface area contributed by atoms with Gasteiger partial charge in [0.15, 0.2) is 0 Å². The average Bonchev–Trinajstić information content (AvgIpc) is 2.76. The normalized spacial score (nSPS) is 12.4. The topological polar surface area (TPSA) is 114 Å². The molecule has 2 aromatic rings. The van der Waals surface area contributed by atoms with Crippen molar-refractivity contribution in [3.63, 3.8) is 0 Å². The predicted octanol–water partition coefficient (Wildman–Crippen LogP) is 2.35. The number of amides is 2. The monoisotopic (exact) mass is 463 g/mol. The summed E-state index contributed by atoms with van der Waals surface area (Å²) in [7, 11) is 2.28. The third-order valence-electron chi connectivity index (χ3n) is 4.75. The van der Waals surface area contributed by atoms with Crippen LogP contribution in [0.15, 0.2) is 47.4 Å². The fourth-order valence-electron chi connectivity index (χ4n) is 2.84.